The van der Waals surface area contributed by atoms with E-state index in [9.17, 15) is 4.21 Å². The molecule has 2 heterocycles. The molecule has 1 saturated carbocycles. The number of rotatable bonds is 3. The lowest BCUT2D eigenvalue weighted by Crippen LogP contribution is -2.24. The maximum Gasteiger partial charge on any atom is 0.157 e. The zero-order valence-electron chi connectivity index (χ0n) is 14.7. The van der Waals surface area contributed by atoms with E-state index in [2.05, 4.69) is 19.9 Å². The van der Waals surface area contributed by atoms with Gasteiger partial charge in [-0.3, -0.25) is 10.1 Å². The lowest BCUT2D eigenvalue weighted by molar-refractivity contribution is 0.505. The SMILES string of the molecule is O=S(Nc1ccc2c3cnccc3c3cn[nH]c3c2c1F)C1CCCCC1. The van der Waals surface area contributed by atoms with Gasteiger partial charge >= 0.3 is 0 Å². The van der Waals surface area contributed by atoms with Gasteiger partial charge in [0.2, 0.25) is 0 Å². The Balaban J connectivity index is 1.67. The Hall–Kier alpha value is -2.54. The van der Waals surface area contributed by atoms with Gasteiger partial charge in [0.1, 0.15) is 11.0 Å². The molecular formula is C20H19FN4OS. The smallest absolute Gasteiger partial charge is 0.157 e. The van der Waals surface area contributed by atoms with Crippen molar-refractivity contribution in [3.05, 3.63) is 42.6 Å². The molecule has 138 valence electrons. The van der Waals surface area contributed by atoms with Crippen LogP contribution in [-0.4, -0.2) is 24.6 Å². The predicted molar refractivity (Wildman–Crippen MR) is 107 cm³/mol. The quantitative estimate of drug-likeness (QED) is 0.500. The molecule has 1 atom stereocenters. The summed E-state index contributed by atoms with van der Waals surface area (Å²) in [5, 5.41) is 11.0. The first-order valence-corrected chi connectivity index (χ1v) is 10.4. The van der Waals surface area contributed by atoms with Gasteiger partial charge in [-0.15, -0.1) is 0 Å². The van der Waals surface area contributed by atoms with Crippen LogP contribution in [0.1, 0.15) is 32.1 Å². The lowest BCUT2D eigenvalue weighted by Gasteiger charge is -2.21. The summed E-state index contributed by atoms with van der Waals surface area (Å²) >= 11 is 0. The van der Waals surface area contributed by atoms with Crippen LogP contribution < -0.4 is 4.72 Å². The van der Waals surface area contributed by atoms with Gasteiger partial charge in [-0.25, -0.2) is 8.60 Å². The first-order valence-electron chi connectivity index (χ1n) is 9.22. The normalized spacial score (nSPS) is 16.9. The Morgan fingerprint density at radius 2 is 1.89 bits per heavy atom. The topological polar surface area (TPSA) is 70.7 Å². The molecule has 0 aliphatic heterocycles. The number of nitrogens with zero attached hydrogens (tertiary/aromatic N) is 2. The minimum Gasteiger partial charge on any atom is -0.302 e. The first kappa shape index (κ1) is 16.6. The Morgan fingerprint density at radius 3 is 2.74 bits per heavy atom. The molecule has 1 aliphatic rings. The van der Waals surface area contributed by atoms with Crippen molar-refractivity contribution < 1.29 is 8.60 Å². The average Bonchev–Trinajstić information content (AvgIpc) is 3.20. The van der Waals surface area contributed by atoms with E-state index in [0.717, 1.165) is 47.2 Å². The summed E-state index contributed by atoms with van der Waals surface area (Å²) in [4.78, 5) is 4.20. The van der Waals surface area contributed by atoms with Gasteiger partial charge in [-0.2, -0.15) is 5.10 Å². The van der Waals surface area contributed by atoms with Crippen LogP contribution in [0.3, 0.4) is 0 Å². The number of nitrogens with one attached hydrogen (secondary N) is 2. The number of aromatic nitrogens is 3. The van der Waals surface area contributed by atoms with Crippen molar-refractivity contribution in [1.29, 1.82) is 0 Å². The van der Waals surface area contributed by atoms with Crippen LogP contribution in [0.15, 0.2) is 36.8 Å². The number of benzene rings is 2. The molecule has 0 radical (unpaired) electrons. The highest BCUT2D eigenvalue weighted by Gasteiger charge is 2.22. The van der Waals surface area contributed by atoms with Gasteiger partial charge in [0.15, 0.2) is 5.82 Å². The standard InChI is InChI=1S/C20H19FN4OS/c21-19-17(25-27(26)12-4-2-1-3-5-12)7-6-14-15-10-22-9-8-13(15)16-11-23-24-20(16)18(14)19/h6-12,25H,1-5H2,(H,23,24). The van der Waals surface area contributed by atoms with E-state index in [1.807, 2.05) is 12.1 Å². The second-order valence-electron chi connectivity index (χ2n) is 7.09. The summed E-state index contributed by atoms with van der Waals surface area (Å²) in [5.74, 6) is -0.406. The molecule has 2 aromatic heterocycles. The molecule has 0 amide bonds. The summed E-state index contributed by atoms with van der Waals surface area (Å²) < 4.78 is 31.1. The number of pyridine rings is 1. The summed E-state index contributed by atoms with van der Waals surface area (Å²) in [6.07, 6.45) is 10.4. The molecule has 2 N–H and O–H groups in total. The number of H-pyrrole nitrogens is 1. The van der Waals surface area contributed by atoms with Crippen LogP contribution in [0.2, 0.25) is 0 Å². The van der Waals surface area contributed by atoms with Gasteiger partial charge in [0.05, 0.1) is 22.7 Å². The van der Waals surface area contributed by atoms with Crippen molar-refractivity contribution in [3.8, 4) is 0 Å². The second-order valence-corrected chi connectivity index (χ2v) is 8.55. The zero-order chi connectivity index (χ0) is 18.4. The van der Waals surface area contributed by atoms with Crippen molar-refractivity contribution in [2.75, 3.05) is 4.72 Å². The van der Waals surface area contributed by atoms with Crippen LogP contribution in [0.25, 0.3) is 32.4 Å². The van der Waals surface area contributed by atoms with Crippen molar-refractivity contribution >= 4 is 49.1 Å². The van der Waals surface area contributed by atoms with Crippen LogP contribution in [-0.2, 0) is 11.0 Å². The van der Waals surface area contributed by atoms with Crippen molar-refractivity contribution in [3.63, 3.8) is 0 Å². The average molecular weight is 382 g/mol. The Bertz CT molecular complexity index is 1180. The van der Waals surface area contributed by atoms with Gasteiger partial charge in [-0.05, 0) is 35.7 Å². The van der Waals surface area contributed by atoms with E-state index in [-0.39, 0.29) is 10.9 Å². The Morgan fingerprint density at radius 1 is 1.04 bits per heavy atom. The van der Waals surface area contributed by atoms with Crippen molar-refractivity contribution in [2.45, 2.75) is 37.4 Å². The molecule has 4 aromatic rings. The summed E-state index contributed by atoms with van der Waals surface area (Å²) in [6, 6.07) is 5.45. The fraction of sp³-hybridized carbons (Fsp3) is 0.300. The largest absolute Gasteiger partial charge is 0.302 e. The zero-order valence-corrected chi connectivity index (χ0v) is 15.5. The van der Waals surface area contributed by atoms with E-state index < -0.39 is 16.8 Å². The van der Waals surface area contributed by atoms with Crippen molar-refractivity contribution in [2.24, 2.45) is 0 Å². The van der Waals surface area contributed by atoms with Gasteiger partial charge < -0.3 is 4.72 Å². The maximum atomic E-state index is 15.5. The molecule has 7 heteroatoms. The van der Waals surface area contributed by atoms with Gasteiger partial charge in [0, 0.05) is 28.6 Å². The fourth-order valence-corrected chi connectivity index (χ4v) is 5.42. The molecule has 0 spiro atoms. The monoisotopic (exact) mass is 382 g/mol. The van der Waals surface area contributed by atoms with Crippen LogP contribution in [0, 0.1) is 5.82 Å². The molecule has 5 rings (SSSR count). The van der Waals surface area contributed by atoms with E-state index in [1.165, 1.54) is 6.42 Å². The van der Waals surface area contributed by atoms with Crippen LogP contribution in [0.4, 0.5) is 10.1 Å². The van der Waals surface area contributed by atoms with Crippen molar-refractivity contribution in [1.82, 2.24) is 15.2 Å². The summed E-state index contributed by atoms with van der Waals surface area (Å²) in [6.45, 7) is 0. The van der Waals surface area contributed by atoms with E-state index >= 15 is 4.39 Å². The minimum atomic E-state index is -1.29. The van der Waals surface area contributed by atoms with E-state index in [0.29, 0.717) is 10.9 Å². The molecule has 0 bridgehead atoms. The summed E-state index contributed by atoms with van der Waals surface area (Å²) in [5.41, 5.74) is 0.916. The fourth-order valence-electron chi connectivity index (χ4n) is 4.12. The first-order chi connectivity index (χ1) is 13.2. The second kappa shape index (κ2) is 6.56. The predicted octanol–water partition coefficient (Wildman–Crippen LogP) is 4.81. The number of hydrogen-bond donors (Lipinski definition) is 2. The van der Waals surface area contributed by atoms with E-state index in [4.69, 9.17) is 0 Å². The highest BCUT2D eigenvalue weighted by Crippen LogP contribution is 2.37. The van der Waals surface area contributed by atoms with Gasteiger partial charge in [0.25, 0.3) is 0 Å². The number of hydrogen-bond acceptors (Lipinski definition) is 3. The number of anilines is 1. The lowest BCUT2D eigenvalue weighted by atomic mass is 9.99. The van der Waals surface area contributed by atoms with Gasteiger partial charge in [-0.1, -0.05) is 25.3 Å². The summed E-state index contributed by atoms with van der Waals surface area (Å²) in [7, 11) is -1.29. The molecule has 0 saturated heterocycles. The van der Waals surface area contributed by atoms with Crippen LogP contribution >= 0.6 is 0 Å². The molecule has 1 aliphatic carbocycles. The maximum absolute atomic E-state index is 15.5. The third kappa shape index (κ3) is 2.68. The molecule has 1 fully saturated rings. The van der Waals surface area contributed by atoms with E-state index in [1.54, 1.807) is 24.7 Å². The Labute approximate surface area is 158 Å². The van der Waals surface area contributed by atoms with Crippen LogP contribution in [0.5, 0.6) is 0 Å². The number of halogens is 1. The minimum absolute atomic E-state index is 0.0850. The molecular weight excluding hydrogens is 363 g/mol. The highest BCUT2D eigenvalue weighted by atomic mass is 32.2. The molecule has 1 unspecified atom stereocenters. The highest BCUT2D eigenvalue weighted by molar-refractivity contribution is 7.87. The third-order valence-corrected chi connectivity index (χ3v) is 7.00. The molecule has 2 aromatic carbocycles. The molecule has 27 heavy (non-hydrogen) atoms. The molecule has 5 nitrogen and oxygen atoms in total. The number of fused-ring (bicyclic) bond motifs is 6. The Kier molecular flexibility index (Phi) is 4.04. The number of aromatic amines is 1. The third-order valence-electron chi connectivity index (χ3n) is 5.50.